The number of likely N-dealkylation sites (N-methyl/N-ethyl adjacent to an activating group) is 2. The first-order valence-corrected chi connectivity index (χ1v) is 8.33. The third-order valence-corrected chi connectivity index (χ3v) is 5.43. The summed E-state index contributed by atoms with van der Waals surface area (Å²) in [6.45, 7) is 9.57. The van der Waals surface area contributed by atoms with Crippen LogP contribution in [-0.2, 0) is 4.79 Å². The van der Waals surface area contributed by atoms with E-state index in [1.807, 2.05) is 11.9 Å². The molecule has 0 spiro atoms. The van der Waals surface area contributed by atoms with E-state index in [-0.39, 0.29) is 5.41 Å². The van der Waals surface area contributed by atoms with Gasteiger partial charge in [-0.15, -0.1) is 0 Å². The average molecular weight is 281 g/mol. The molecule has 2 aliphatic heterocycles. The molecule has 1 amide bonds. The molecule has 0 radical (unpaired) electrons. The number of nitrogens with zero attached hydrogens (tertiary/aromatic N) is 2. The molecule has 4 heteroatoms. The van der Waals surface area contributed by atoms with Crippen molar-refractivity contribution in [1.82, 2.24) is 15.1 Å². The van der Waals surface area contributed by atoms with Crippen molar-refractivity contribution in [3.63, 3.8) is 0 Å². The summed E-state index contributed by atoms with van der Waals surface area (Å²) in [6.07, 6.45) is 5.49. The van der Waals surface area contributed by atoms with Crippen molar-refractivity contribution in [3.8, 4) is 0 Å². The second-order valence-electron chi connectivity index (χ2n) is 6.49. The van der Waals surface area contributed by atoms with Crippen molar-refractivity contribution in [3.05, 3.63) is 0 Å². The lowest BCUT2D eigenvalue weighted by Gasteiger charge is -2.39. The molecule has 4 nitrogen and oxygen atoms in total. The van der Waals surface area contributed by atoms with E-state index in [1.54, 1.807) is 0 Å². The summed E-state index contributed by atoms with van der Waals surface area (Å²) in [5.74, 6) is 0.379. The maximum absolute atomic E-state index is 12.9. The van der Waals surface area contributed by atoms with Crippen LogP contribution in [-0.4, -0.2) is 61.5 Å². The van der Waals surface area contributed by atoms with Gasteiger partial charge in [0, 0.05) is 19.6 Å². The van der Waals surface area contributed by atoms with Crippen molar-refractivity contribution in [1.29, 1.82) is 0 Å². The minimum Gasteiger partial charge on any atom is -0.344 e. The molecular weight excluding hydrogens is 250 g/mol. The number of nitrogens with one attached hydrogen (secondary N) is 1. The van der Waals surface area contributed by atoms with Crippen molar-refractivity contribution in [2.45, 2.75) is 52.0 Å². The maximum atomic E-state index is 12.9. The molecule has 1 N–H and O–H groups in total. The highest BCUT2D eigenvalue weighted by atomic mass is 16.2. The third-order valence-electron chi connectivity index (χ3n) is 5.43. The number of carbonyl (C=O) groups is 1. The monoisotopic (exact) mass is 281 g/mol. The molecule has 1 atom stereocenters. The molecule has 2 heterocycles. The van der Waals surface area contributed by atoms with Gasteiger partial charge in [0.2, 0.25) is 5.91 Å². The zero-order valence-electron chi connectivity index (χ0n) is 13.5. The number of piperidine rings is 1. The van der Waals surface area contributed by atoms with Crippen molar-refractivity contribution < 1.29 is 4.79 Å². The molecule has 116 valence electrons. The number of hydrogen-bond acceptors (Lipinski definition) is 3. The van der Waals surface area contributed by atoms with Gasteiger partial charge in [0.1, 0.15) is 0 Å². The lowest BCUT2D eigenvalue weighted by atomic mass is 9.75. The number of hydrogen-bond donors (Lipinski definition) is 1. The summed E-state index contributed by atoms with van der Waals surface area (Å²) in [5, 5.41) is 3.38. The van der Waals surface area contributed by atoms with E-state index < -0.39 is 0 Å². The predicted molar refractivity (Wildman–Crippen MR) is 82.7 cm³/mol. The lowest BCUT2D eigenvalue weighted by Crippen LogP contribution is -2.50. The van der Waals surface area contributed by atoms with Crippen LogP contribution < -0.4 is 5.32 Å². The summed E-state index contributed by atoms with van der Waals surface area (Å²) in [4.78, 5) is 17.5. The summed E-state index contributed by atoms with van der Waals surface area (Å²) < 4.78 is 0. The SMILES string of the molecule is CCN1CCCC1CN(C)C(=O)C1(CC)CCNCC1. The molecule has 2 fully saturated rings. The van der Waals surface area contributed by atoms with Gasteiger partial charge in [0.25, 0.3) is 0 Å². The van der Waals surface area contributed by atoms with Gasteiger partial charge in [-0.2, -0.15) is 0 Å². The minimum atomic E-state index is -0.102. The Labute approximate surface area is 123 Å². The summed E-state index contributed by atoms with van der Waals surface area (Å²) in [5.41, 5.74) is -0.102. The van der Waals surface area contributed by atoms with Crippen LogP contribution >= 0.6 is 0 Å². The van der Waals surface area contributed by atoms with E-state index in [1.165, 1.54) is 19.4 Å². The Bertz CT molecular complexity index is 326. The van der Waals surface area contributed by atoms with Gasteiger partial charge < -0.3 is 10.2 Å². The van der Waals surface area contributed by atoms with Crippen LogP contribution in [0.15, 0.2) is 0 Å². The van der Waals surface area contributed by atoms with E-state index in [2.05, 4.69) is 24.1 Å². The first-order chi connectivity index (χ1) is 9.63. The van der Waals surface area contributed by atoms with Gasteiger partial charge in [-0.25, -0.2) is 0 Å². The number of carbonyl (C=O) groups excluding carboxylic acids is 1. The molecule has 0 aromatic carbocycles. The molecule has 0 aromatic rings. The van der Waals surface area contributed by atoms with Gasteiger partial charge in [0.15, 0.2) is 0 Å². The van der Waals surface area contributed by atoms with E-state index in [0.717, 1.165) is 45.4 Å². The maximum Gasteiger partial charge on any atom is 0.228 e. The molecule has 2 aliphatic rings. The van der Waals surface area contributed by atoms with Crippen molar-refractivity contribution in [2.75, 3.05) is 39.8 Å². The van der Waals surface area contributed by atoms with E-state index in [0.29, 0.717) is 11.9 Å². The Morgan fingerprint density at radius 3 is 2.65 bits per heavy atom. The van der Waals surface area contributed by atoms with Gasteiger partial charge in [-0.3, -0.25) is 9.69 Å². The molecule has 2 rings (SSSR count). The van der Waals surface area contributed by atoms with Crippen LogP contribution in [0.1, 0.15) is 46.0 Å². The molecule has 0 aromatic heterocycles. The van der Waals surface area contributed by atoms with Gasteiger partial charge in [0.05, 0.1) is 5.41 Å². The zero-order chi connectivity index (χ0) is 14.6. The highest BCUT2D eigenvalue weighted by Gasteiger charge is 2.40. The third kappa shape index (κ3) is 3.17. The molecule has 0 saturated carbocycles. The quantitative estimate of drug-likeness (QED) is 0.833. The van der Waals surface area contributed by atoms with E-state index in [4.69, 9.17) is 0 Å². The normalized spacial score (nSPS) is 26.6. The topological polar surface area (TPSA) is 35.6 Å². The van der Waals surface area contributed by atoms with E-state index in [9.17, 15) is 4.79 Å². The fourth-order valence-corrected chi connectivity index (χ4v) is 3.95. The standard InChI is InChI=1S/C16H31N3O/c1-4-16(8-10-17-11-9-16)15(20)18(3)13-14-7-6-12-19(14)5-2/h14,17H,4-13H2,1-3H3. The largest absolute Gasteiger partial charge is 0.344 e. The van der Waals surface area contributed by atoms with Crippen LogP contribution in [0.5, 0.6) is 0 Å². The first-order valence-electron chi connectivity index (χ1n) is 8.33. The number of amides is 1. The first kappa shape index (κ1) is 15.8. The smallest absolute Gasteiger partial charge is 0.228 e. The summed E-state index contributed by atoms with van der Waals surface area (Å²) in [7, 11) is 2.01. The zero-order valence-corrected chi connectivity index (χ0v) is 13.5. The molecule has 0 bridgehead atoms. The molecule has 2 saturated heterocycles. The van der Waals surface area contributed by atoms with Crippen LogP contribution in [0.3, 0.4) is 0 Å². The van der Waals surface area contributed by atoms with Crippen LogP contribution in [0.4, 0.5) is 0 Å². The van der Waals surface area contributed by atoms with E-state index >= 15 is 0 Å². The van der Waals surface area contributed by atoms with Gasteiger partial charge in [-0.1, -0.05) is 13.8 Å². The Morgan fingerprint density at radius 1 is 1.35 bits per heavy atom. The molecule has 0 aliphatic carbocycles. The highest BCUT2D eigenvalue weighted by molar-refractivity contribution is 5.82. The Morgan fingerprint density at radius 2 is 2.05 bits per heavy atom. The minimum absolute atomic E-state index is 0.102. The van der Waals surface area contributed by atoms with Crippen molar-refractivity contribution >= 4 is 5.91 Å². The van der Waals surface area contributed by atoms with Crippen LogP contribution in [0.2, 0.25) is 0 Å². The van der Waals surface area contributed by atoms with Crippen LogP contribution in [0, 0.1) is 5.41 Å². The Balaban J connectivity index is 1.96. The van der Waals surface area contributed by atoms with Crippen molar-refractivity contribution in [2.24, 2.45) is 5.41 Å². The fourth-order valence-electron chi connectivity index (χ4n) is 3.95. The molecular formula is C16H31N3O. The van der Waals surface area contributed by atoms with Gasteiger partial charge >= 0.3 is 0 Å². The fraction of sp³-hybridized carbons (Fsp3) is 0.938. The summed E-state index contributed by atoms with van der Waals surface area (Å²) in [6, 6.07) is 0.574. The predicted octanol–water partition coefficient (Wildman–Crippen LogP) is 1.71. The second kappa shape index (κ2) is 6.90. The Kier molecular flexibility index (Phi) is 5.44. The van der Waals surface area contributed by atoms with Crippen LogP contribution in [0.25, 0.3) is 0 Å². The second-order valence-corrected chi connectivity index (χ2v) is 6.49. The Hall–Kier alpha value is -0.610. The lowest BCUT2D eigenvalue weighted by molar-refractivity contribution is -0.143. The number of rotatable bonds is 5. The highest BCUT2D eigenvalue weighted by Crippen LogP contribution is 2.34. The molecule has 20 heavy (non-hydrogen) atoms. The number of likely N-dealkylation sites (tertiary alicyclic amines) is 1. The summed E-state index contributed by atoms with van der Waals surface area (Å²) >= 11 is 0. The average Bonchev–Trinajstić information content (AvgIpc) is 2.94. The molecule has 1 unspecified atom stereocenters. The van der Waals surface area contributed by atoms with Gasteiger partial charge in [-0.05, 0) is 58.3 Å².